The molecule has 13 heavy (non-hydrogen) atoms. The van der Waals surface area contributed by atoms with Crippen molar-refractivity contribution < 1.29 is 9.90 Å². The topological polar surface area (TPSA) is 37.3 Å². The third-order valence-electron chi connectivity index (χ3n) is 2.32. The van der Waals surface area contributed by atoms with Crippen LogP contribution in [0.15, 0.2) is 0 Å². The second kappa shape index (κ2) is 5.15. The summed E-state index contributed by atoms with van der Waals surface area (Å²) in [6.45, 7) is 0. The third kappa shape index (κ3) is 4.27. The molecule has 4 heteroatoms. The average molecular weight is 220 g/mol. The van der Waals surface area contributed by atoms with E-state index in [9.17, 15) is 4.79 Å². The van der Waals surface area contributed by atoms with Crippen LogP contribution in [-0.4, -0.2) is 34.6 Å². The Morgan fingerprint density at radius 1 is 1.46 bits per heavy atom. The summed E-state index contributed by atoms with van der Waals surface area (Å²) >= 11 is 3.75. The maximum Gasteiger partial charge on any atom is 0.303 e. The minimum absolute atomic E-state index is 0.176. The fourth-order valence-electron chi connectivity index (χ4n) is 1.30. The van der Waals surface area contributed by atoms with E-state index in [1.807, 2.05) is 23.5 Å². The number of carboxylic acid groups (broad SMARTS) is 1. The van der Waals surface area contributed by atoms with Crippen LogP contribution in [0, 0.1) is 5.41 Å². The first kappa shape index (κ1) is 11.2. The monoisotopic (exact) mass is 220 g/mol. The predicted molar refractivity (Wildman–Crippen MR) is 59.6 cm³/mol. The van der Waals surface area contributed by atoms with Gasteiger partial charge < -0.3 is 5.11 Å². The van der Waals surface area contributed by atoms with Gasteiger partial charge in [-0.25, -0.2) is 0 Å². The van der Waals surface area contributed by atoms with E-state index in [2.05, 4.69) is 6.26 Å². The molecule has 0 aliphatic heterocycles. The first-order chi connectivity index (χ1) is 6.18. The molecule has 76 valence electrons. The molecule has 0 bridgehead atoms. The molecule has 0 aromatic heterocycles. The maximum atomic E-state index is 10.5. The lowest BCUT2D eigenvalue weighted by Crippen LogP contribution is -2.11. The molecule has 0 aromatic rings. The van der Waals surface area contributed by atoms with E-state index in [1.165, 1.54) is 5.75 Å². The molecule has 0 atom stereocenters. The molecule has 2 nitrogen and oxygen atoms in total. The van der Waals surface area contributed by atoms with E-state index in [4.69, 9.17) is 5.11 Å². The van der Waals surface area contributed by atoms with Crippen molar-refractivity contribution in [3.8, 4) is 0 Å². The normalized spacial score (nSPS) is 18.5. The summed E-state index contributed by atoms with van der Waals surface area (Å²) in [6, 6.07) is 0. The molecule has 0 aromatic carbocycles. The second-order valence-corrected chi connectivity index (χ2v) is 5.71. The number of aliphatic carboxylic acids is 1. The molecule has 0 unspecified atom stereocenters. The summed E-state index contributed by atoms with van der Waals surface area (Å²) in [5, 5.41) is 8.68. The van der Waals surface area contributed by atoms with Crippen LogP contribution >= 0.6 is 23.5 Å². The van der Waals surface area contributed by atoms with Crippen LogP contribution in [-0.2, 0) is 4.79 Å². The summed E-state index contributed by atoms with van der Waals surface area (Å²) in [6.07, 6.45) is 4.71. The van der Waals surface area contributed by atoms with Gasteiger partial charge in [0.05, 0.1) is 6.42 Å². The van der Waals surface area contributed by atoms with Gasteiger partial charge in [0.2, 0.25) is 0 Å². The van der Waals surface area contributed by atoms with Gasteiger partial charge in [0, 0.05) is 11.5 Å². The Morgan fingerprint density at radius 3 is 2.62 bits per heavy atom. The van der Waals surface area contributed by atoms with Crippen LogP contribution in [0.4, 0.5) is 0 Å². The first-order valence-electron chi connectivity index (χ1n) is 4.47. The highest BCUT2D eigenvalue weighted by molar-refractivity contribution is 8.02. The highest BCUT2D eigenvalue weighted by Crippen LogP contribution is 2.50. The summed E-state index contributed by atoms with van der Waals surface area (Å²) < 4.78 is 0. The van der Waals surface area contributed by atoms with Crippen molar-refractivity contribution in [2.24, 2.45) is 5.41 Å². The van der Waals surface area contributed by atoms with Crippen molar-refractivity contribution in [3.63, 3.8) is 0 Å². The third-order valence-corrected chi connectivity index (χ3v) is 4.50. The van der Waals surface area contributed by atoms with E-state index < -0.39 is 5.97 Å². The van der Waals surface area contributed by atoms with Gasteiger partial charge in [-0.3, -0.25) is 4.79 Å². The molecule has 0 saturated heterocycles. The van der Waals surface area contributed by atoms with Crippen LogP contribution in [0.5, 0.6) is 0 Å². The van der Waals surface area contributed by atoms with Crippen LogP contribution < -0.4 is 0 Å². The molecule has 0 heterocycles. The Labute approximate surface area is 87.9 Å². The Bertz CT molecular complexity index is 178. The van der Waals surface area contributed by atoms with Crippen molar-refractivity contribution in [2.75, 3.05) is 23.5 Å². The lowest BCUT2D eigenvalue weighted by atomic mass is 10.1. The number of hydrogen-bond acceptors (Lipinski definition) is 3. The Hall–Kier alpha value is 0.170. The van der Waals surface area contributed by atoms with Crippen molar-refractivity contribution >= 4 is 29.5 Å². The Balaban J connectivity index is 2.09. The van der Waals surface area contributed by atoms with Gasteiger partial charge in [0.1, 0.15) is 0 Å². The Morgan fingerprint density at radius 2 is 2.15 bits per heavy atom. The molecule has 1 N–H and O–H groups in total. The van der Waals surface area contributed by atoms with Crippen molar-refractivity contribution in [3.05, 3.63) is 0 Å². The minimum Gasteiger partial charge on any atom is -0.481 e. The van der Waals surface area contributed by atoms with E-state index in [0.29, 0.717) is 6.42 Å². The van der Waals surface area contributed by atoms with Crippen LogP contribution in [0.25, 0.3) is 0 Å². The zero-order valence-electron chi connectivity index (χ0n) is 7.91. The average Bonchev–Trinajstić information content (AvgIpc) is 2.78. The maximum absolute atomic E-state index is 10.5. The highest BCUT2D eigenvalue weighted by atomic mass is 32.2. The standard InChI is InChI=1S/C9H16O2S2/c1-12-4-5-13-7-9(2-3-9)6-8(10)11/h2-7H2,1H3,(H,10,11). The molecule has 1 aliphatic rings. The van der Waals surface area contributed by atoms with Gasteiger partial charge in [-0.15, -0.1) is 0 Å². The van der Waals surface area contributed by atoms with Gasteiger partial charge in [0.25, 0.3) is 0 Å². The lowest BCUT2D eigenvalue weighted by Gasteiger charge is -2.10. The fraction of sp³-hybridized carbons (Fsp3) is 0.889. The number of hydrogen-bond donors (Lipinski definition) is 1. The number of carbonyl (C=O) groups is 1. The molecular formula is C9H16O2S2. The minimum atomic E-state index is -0.636. The highest BCUT2D eigenvalue weighted by Gasteiger charge is 2.43. The van der Waals surface area contributed by atoms with Gasteiger partial charge in [0.15, 0.2) is 0 Å². The summed E-state index contributed by atoms with van der Waals surface area (Å²) in [5.74, 6) is 2.74. The molecule has 1 fully saturated rings. The van der Waals surface area contributed by atoms with Crippen molar-refractivity contribution in [1.29, 1.82) is 0 Å². The second-order valence-electron chi connectivity index (χ2n) is 3.62. The van der Waals surface area contributed by atoms with E-state index in [1.54, 1.807) is 0 Å². The Kier molecular flexibility index (Phi) is 4.46. The molecule has 1 rings (SSSR count). The van der Waals surface area contributed by atoms with Crippen LogP contribution in [0.3, 0.4) is 0 Å². The largest absolute Gasteiger partial charge is 0.481 e. The zero-order chi connectivity index (χ0) is 9.73. The number of rotatable bonds is 7. The quantitative estimate of drug-likeness (QED) is 0.668. The summed E-state index contributed by atoms with van der Waals surface area (Å²) in [7, 11) is 0. The first-order valence-corrected chi connectivity index (χ1v) is 7.02. The SMILES string of the molecule is CSCCSCC1(CC(=O)O)CC1. The van der Waals surface area contributed by atoms with Crippen molar-refractivity contribution in [1.82, 2.24) is 0 Å². The predicted octanol–water partition coefficient (Wildman–Crippen LogP) is 2.34. The molecular weight excluding hydrogens is 204 g/mol. The smallest absolute Gasteiger partial charge is 0.303 e. The fourth-order valence-corrected chi connectivity index (χ4v) is 3.41. The van der Waals surface area contributed by atoms with E-state index in [-0.39, 0.29) is 5.41 Å². The summed E-state index contributed by atoms with van der Waals surface area (Å²) in [4.78, 5) is 10.5. The molecule has 0 spiro atoms. The number of thioether (sulfide) groups is 2. The van der Waals surface area contributed by atoms with Crippen molar-refractivity contribution in [2.45, 2.75) is 19.3 Å². The van der Waals surface area contributed by atoms with E-state index in [0.717, 1.165) is 24.3 Å². The lowest BCUT2D eigenvalue weighted by molar-refractivity contribution is -0.138. The van der Waals surface area contributed by atoms with Gasteiger partial charge in [-0.1, -0.05) is 0 Å². The summed E-state index contributed by atoms with van der Waals surface area (Å²) in [5.41, 5.74) is 0.176. The zero-order valence-corrected chi connectivity index (χ0v) is 9.55. The molecule has 1 aliphatic carbocycles. The molecule has 1 saturated carbocycles. The van der Waals surface area contributed by atoms with Gasteiger partial charge in [-0.2, -0.15) is 23.5 Å². The van der Waals surface area contributed by atoms with E-state index >= 15 is 0 Å². The molecule has 0 radical (unpaired) electrons. The van der Waals surface area contributed by atoms with Crippen LogP contribution in [0.2, 0.25) is 0 Å². The van der Waals surface area contributed by atoms with Crippen LogP contribution in [0.1, 0.15) is 19.3 Å². The molecule has 0 amide bonds. The van der Waals surface area contributed by atoms with Gasteiger partial charge in [-0.05, 0) is 30.3 Å². The van der Waals surface area contributed by atoms with Gasteiger partial charge >= 0.3 is 5.97 Å². The number of carboxylic acids is 1.